The number of unbranched alkanes of at least 4 members (excludes halogenated alkanes) is 3. The summed E-state index contributed by atoms with van der Waals surface area (Å²) in [5.74, 6) is 0.249. The van der Waals surface area contributed by atoms with Gasteiger partial charge in [0.2, 0.25) is 45.2 Å². The zero-order valence-electron chi connectivity index (χ0n) is 51.3. The van der Waals surface area contributed by atoms with E-state index in [0.29, 0.717) is 95.7 Å². The molecule has 0 unspecified atom stereocenters. The smallest absolute Gasteiger partial charge is 0.241 e. The highest BCUT2D eigenvalue weighted by atomic mass is 32.2. The second-order valence-electron chi connectivity index (χ2n) is 22.3. The topological polar surface area (TPSA) is 305 Å². The van der Waals surface area contributed by atoms with Crippen molar-refractivity contribution < 1.29 is 33.7 Å². The lowest BCUT2D eigenvalue weighted by Gasteiger charge is -2.28. The number of hydrogen-bond donors (Lipinski definition) is 5. The van der Waals surface area contributed by atoms with Crippen LogP contribution in [-0.2, 0) is 45.5 Å². The van der Waals surface area contributed by atoms with Gasteiger partial charge in [0.15, 0.2) is 16.8 Å². The van der Waals surface area contributed by atoms with Crippen LogP contribution in [0.2, 0.25) is 0 Å². The molecule has 0 spiro atoms. The Labute approximate surface area is 518 Å². The van der Waals surface area contributed by atoms with Crippen molar-refractivity contribution in [3.05, 3.63) is 105 Å². The summed E-state index contributed by atoms with van der Waals surface area (Å²) in [5.41, 5.74) is 5.09. The van der Waals surface area contributed by atoms with E-state index >= 15 is 0 Å². The van der Waals surface area contributed by atoms with Crippen LogP contribution in [0.1, 0.15) is 130 Å². The number of rotatable bonds is 25. The molecule has 8 rings (SSSR count). The minimum atomic E-state index is -4.11. The van der Waals surface area contributed by atoms with Crippen molar-refractivity contribution in [2.45, 2.75) is 154 Å². The molecule has 0 aliphatic heterocycles. The van der Waals surface area contributed by atoms with Gasteiger partial charge in [0.1, 0.15) is 23.1 Å². The van der Waals surface area contributed by atoms with Gasteiger partial charge in [-0.1, -0.05) is 95.6 Å². The first-order chi connectivity index (χ1) is 40.9. The van der Waals surface area contributed by atoms with E-state index in [1.165, 1.54) is 29.9 Å². The Hall–Kier alpha value is -6.65. The van der Waals surface area contributed by atoms with Crippen LogP contribution in [0.25, 0.3) is 25.6 Å². The maximum atomic E-state index is 14.4. The molecule has 87 heavy (non-hydrogen) atoms. The van der Waals surface area contributed by atoms with Gasteiger partial charge in [-0.15, -0.1) is 10.2 Å². The Balaban J connectivity index is 1.42. The largest absolute Gasteiger partial charge is 0.338 e. The molecule has 28 heteroatoms. The van der Waals surface area contributed by atoms with Gasteiger partial charge < -0.3 is 5.32 Å². The van der Waals surface area contributed by atoms with E-state index in [0.717, 1.165) is 41.9 Å². The number of nitriles is 1. The molecule has 8 aromatic rings. The number of benzene rings is 4. The fraction of sp³-hybridized carbons (Fsp3) is 0.407. The minimum absolute atomic E-state index is 0.00200. The van der Waals surface area contributed by atoms with Gasteiger partial charge in [0, 0.05) is 30.7 Å². The number of aromatic nitrogens is 5. The molecule has 4 aromatic carbocycles. The lowest BCUT2D eigenvalue weighted by molar-refractivity contribution is 0.559. The summed E-state index contributed by atoms with van der Waals surface area (Å²) in [7, 11) is -14.6. The van der Waals surface area contributed by atoms with E-state index < -0.39 is 45.5 Å². The van der Waals surface area contributed by atoms with Gasteiger partial charge in [-0.25, -0.2) is 67.5 Å². The van der Waals surface area contributed by atoms with Crippen LogP contribution in [0, 0.1) is 59.8 Å². The molecule has 0 radical (unpaired) electrons. The second-order valence-corrected chi connectivity index (χ2v) is 31.4. The molecular formula is C59H74N14O8S6. The van der Waals surface area contributed by atoms with Crippen LogP contribution in [0.5, 0.6) is 0 Å². The zero-order chi connectivity index (χ0) is 63.7. The third kappa shape index (κ3) is 13.8. The van der Waals surface area contributed by atoms with E-state index in [1.54, 1.807) is 75.9 Å². The number of nitrogens with zero attached hydrogens (tertiary/aromatic N) is 9. The van der Waals surface area contributed by atoms with Gasteiger partial charge >= 0.3 is 0 Å². The van der Waals surface area contributed by atoms with Gasteiger partial charge in [-0.2, -0.15) is 15.0 Å². The number of nitrogens with one attached hydrogen (secondary N) is 5. The number of azo groups is 1. The van der Waals surface area contributed by atoms with Crippen LogP contribution in [0.4, 0.5) is 39.6 Å². The van der Waals surface area contributed by atoms with Crippen LogP contribution < -0.4 is 29.1 Å². The van der Waals surface area contributed by atoms with Crippen molar-refractivity contribution in [2.75, 3.05) is 36.9 Å². The summed E-state index contributed by atoms with van der Waals surface area (Å²) in [6, 6.07) is 16.7. The first-order valence-corrected chi connectivity index (χ1v) is 36.0. The van der Waals surface area contributed by atoms with Crippen LogP contribution in [-0.4, -0.2) is 85.1 Å². The Morgan fingerprint density at radius 1 is 0.621 bits per heavy atom. The Kier molecular flexibility index (Phi) is 20.0. The van der Waals surface area contributed by atoms with Crippen molar-refractivity contribution in [1.82, 2.24) is 43.6 Å². The predicted octanol–water partition coefficient (Wildman–Crippen LogP) is 12.6. The monoisotopic (exact) mass is 1300 g/mol. The Morgan fingerprint density at radius 2 is 1.15 bits per heavy atom. The van der Waals surface area contributed by atoms with E-state index in [4.69, 9.17) is 30.3 Å². The second kappa shape index (κ2) is 26.2. The fourth-order valence-electron chi connectivity index (χ4n) is 10.3. The number of pyridine rings is 1. The maximum absolute atomic E-state index is 14.4. The molecule has 0 saturated heterocycles. The van der Waals surface area contributed by atoms with Crippen molar-refractivity contribution in [3.63, 3.8) is 0 Å². The highest BCUT2D eigenvalue weighted by molar-refractivity contribution is 7.90. The lowest BCUT2D eigenvalue weighted by Crippen LogP contribution is -2.27. The number of hydrogen-bond acceptors (Lipinski definition) is 19. The van der Waals surface area contributed by atoms with Crippen molar-refractivity contribution in [2.24, 2.45) is 10.2 Å². The maximum Gasteiger partial charge on any atom is 0.241 e. The minimum Gasteiger partial charge on any atom is -0.338 e. The SMILES string of the molecule is CCCCNS(=O)(=O)c1ccc2nc(-n3nc(C(C)(C)C)c(C#N)c3N=Nc3c(C)cc(N(c4nc5ccc(S(=O)(=O)NC)cc5s4)c4c(C)cc(C)c(S(=O)(=O)NCCCC)c4C)nc3Nc3c(C)cc(C)c(S(=O)(=O)NCCCC)c3C)sc2c1. The van der Waals surface area contributed by atoms with E-state index in [9.17, 15) is 38.9 Å². The van der Waals surface area contributed by atoms with Crippen molar-refractivity contribution in [3.8, 4) is 11.2 Å². The average Bonchev–Trinajstić information content (AvgIpc) is 2.04. The summed E-state index contributed by atoms with van der Waals surface area (Å²) in [5, 5.41) is 29.7. The standard InChI is InChI=1S/C59H74N14O8S6/c1-15-18-25-62-85(76,77)42-22-24-45-47(32-42)83-58(66-45)73-56(43(33-60)54(71-73)59(11,12)13)70-69-50-35(5)30-48(67-55(50)68-49-34(4)28-37(7)52(39(49)9)86(78,79)63-26-19-16-2)72(57-65-44-23-21-41(31-46(44)82-57)84(74,75)61-14)51-36(6)29-38(8)53(40(51)10)87(80,81)64-27-20-17-3/h21-24,28-32,61-64H,15-20,25-27H2,1-14H3,(H,67,68). The third-order valence-corrected chi connectivity index (χ3v) is 22.9. The molecule has 464 valence electrons. The van der Waals surface area contributed by atoms with Crippen LogP contribution in [0.3, 0.4) is 0 Å². The zero-order valence-corrected chi connectivity index (χ0v) is 56.2. The fourth-order valence-corrected chi connectivity index (χ4v) is 17.3. The van der Waals surface area contributed by atoms with E-state index in [-0.39, 0.29) is 78.2 Å². The Bertz CT molecular complexity index is 4520. The van der Waals surface area contributed by atoms with Gasteiger partial charge in [-0.05, 0) is 156 Å². The number of fused-ring (bicyclic) bond motifs is 2. The number of aryl methyl sites for hydroxylation is 5. The molecular weight excluding hydrogens is 1230 g/mol. The normalized spacial score (nSPS) is 12.7. The van der Waals surface area contributed by atoms with Crippen molar-refractivity contribution in [1.29, 1.82) is 5.26 Å². The first-order valence-electron chi connectivity index (χ1n) is 28.4. The molecule has 22 nitrogen and oxygen atoms in total. The molecule has 0 fully saturated rings. The van der Waals surface area contributed by atoms with Crippen LogP contribution >= 0.6 is 22.7 Å². The first kappa shape index (κ1) is 66.3. The van der Waals surface area contributed by atoms with Gasteiger partial charge in [0.25, 0.3) is 0 Å². The quantitative estimate of drug-likeness (QED) is 0.0262. The molecule has 5 N–H and O–H groups in total. The summed E-state index contributed by atoms with van der Waals surface area (Å²) >= 11 is 2.30. The summed E-state index contributed by atoms with van der Waals surface area (Å²) in [6.07, 6.45) is 4.22. The van der Waals surface area contributed by atoms with E-state index in [2.05, 4.69) is 30.3 Å². The predicted molar refractivity (Wildman–Crippen MR) is 346 cm³/mol. The summed E-state index contributed by atoms with van der Waals surface area (Å²) in [6.45, 7) is 24.6. The Morgan fingerprint density at radius 3 is 1.70 bits per heavy atom. The average molecular weight is 1300 g/mol. The van der Waals surface area contributed by atoms with Crippen LogP contribution in [0.15, 0.2) is 84.4 Å². The molecule has 0 aliphatic rings. The molecule has 0 atom stereocenters. The molecule has 0 amide bonds. The van der Waals surface area contributed by atoms with Crippen molar-refractivity contribution >= 4 is 123 Å². The lowest BCUT2D eigenvalue weighted by atomic mass is 9.90. The summed E-state index contributed by atoms with van der Waals surface area (Å²) < 4.78 is 123. The van der Waals surface area contributed by atoms with E-state index in [1.807, 2.05) is 55.4 Å². The number of anilines is 5. The molecule has 4 heterocycles. The van der Waals surface area contributed by atoms with Gasteiger partial charge in [0.05, 0.1) is 51.4 Å². The highest BCUT2D eigenvalue weighted by Gasteiger charge is 2.33. The van der Waals surface area contributed by atoms with Gasteiger partial charge in [-0.3, -0.25) is 4.90 Å². The highest BCUT2D eigenvalue weighted by Crippen LogP contribution is 2.47. The molecule has 0 aliphatic carbocycles. The number of thiazole rings is 2. The number of sulfonamides is 4. The third-order valence-electron chi connectivity index (χ3n) is 14.5. The summed E-state index contributed by atoms with van der Waals surface area (Å²) in [4.78, 5) is 17.1. The molecule has 0 bridgehead atoms. The molecule has 4 aromatic heterocycles. The molecule has 0 saturated carbocycles.